The predicted molar refractivity (Wildman–Crippen MR) is 248 cm³/mol. The number of ether oxygens (including phenoxy) is 3. The fourth-order valence-electron chi connectivity index (χ4n) is 7.23. The molecule has 1 heterocycles. The lowest BCUT2D eigenvalue weighted by molar-refractivity contribution is -0.220. The van der Waals surface area contributed by atoms with Gasteiger partial charge in [0, 0.05) is 12.8 Å². The van der Waals surface area contributed by atoms with Crippen molar-refractivity contribution in [2.24, 2.45) is 0 Å². The minimum Gasteiger partial charge on any atom is -0.462 e. The van der Waals surface area contributed by atoms with Gasteiger partial charge in [0.2, 0.25) is 0 Å². The molecule has 2 fully saturated rings. The van der Waals surface area contributed by atoms with Crippen LogP contribution in [0.25, 0.3) is 0 Å². The summed E-state index contributed by atoms with van der Waals surface area (Å²) in [4.78, 5) is 35.9. The van der Waals surface area contributed by atoms with Gasteiger partial charge < -0.3 is 44.6 Å². The van der Waals surface area contributed by atoms with Crippen molar-refractivity contribution >= 4 is 19.8 Å². The molecule has 0 amide bonds. The van der Waals surface area contributed by atoms with Gasteiger partial charge >= 0.3 is 19.8 Å². The van der Waals surface area contributed by atoms with Crippen LogP contribution in [0.1, 0.15) is 168 Å². The van der Waals surface area contributed by atoms with Gasteiger partial charge in [0.05, 0.1) is 18.8 Å². The van der Waals surface area contributed by atoms with Crippen LogP contribution in [0.3, 0.4) is 0 Å². The van der Waals surface area contributed by atoms with Crippen molar-refractivity contribution < 1.29 is 67.8 Å². The molecule has 1 saturated carbocycles. The van der Waals surface area contributed by atoms with Crippen LogP contribution in [0, 0.1) is 0 Å². The van der Waals surface area contributed by atoms with Crippen LogP contribution in [0.15, 0.2) is 60.8 Å². The number of allylic oxidation sites excluding steroid dienone is 9. The van der Waals surface area contributed by atoms with Gasteiger partial charge in [-0.15, -0.1) is 0 Å². The van der Waals surface area contributed by atoms with E-state index in [9.17, 15) is 44.6 Å². The van der Waals surface area contributed by atoms with Gasteiger partial charge in [-0.3, -0.25) is 18.6 Å². The standard InChI is InChI=1S/C49H83O14P/c1-3-5-7-9-11-13-15-17-18-19-20-21-23-25-27-29-31-35-43(51)61-39(38-60-64(57,58)63-49-47(55)45(53)44(52)46(54)48(49)56)37-59-42(50)36-32-34-41-40(62-41)33-30-28-26-24-22-16-14-12-10-8-6-4-2/h11-14,17-18,22,24,28,30,39-41,44-49,52-56H,3-10,15-16,19-21,23,25-27,29,31-38H2,1-2H3,(H,57,58)/b13-11-,14-12-,18-17-,24-22-,30-28-/t39-,40?,41?,44?,45-,46+,47-,48-,49?/m1/s1. The summed E-state index contributed by atoms with van der Waals surface area (Å²) in [6.45, 7) is 3.17. The maximum absolute atomic E-state index is 12.8. The Morgan fingerprint density at radius 1 is 0.562 bits per heavy atom. The van der Waals surface area contributed by atoms with Crippen LogP contribution in [0.2, 0.25) is 0 Å². The van der Waals surface area contributed by atoms with E-state index in [4.69, 9.17) is 23.3 Å². The molecule has 368 valence electrons. The lowest BCUT2D eigenvalue weighted by Gasteiger charge is -2.41. The van der Waals surface area contributed by atoms with E-state index < -0.39 is 75.7 Å². The van der Waals surface area contributed by atoms with Gasteiger partial charge in [-0.1, -0.05) is 132 Å². The van der Waals surface area contributed by atoms with Crippen molar-refractivity contribution in [2.75, 3.05) is 13.2 Å². The highest BCUT2D eigenvalue weighted by atomic mass is 31.2. The molecule has 1 saturated heterocycles. The van der Waals surface area contributed by atoms with Gasteiger partial charge in [-0.25, -0.2) is 4.57 Å². The third kappa shape index (κ3) is 27.2. The second-order valence-electron chi connectivity index (χ2n) is 17.0. The molecular formula is C49H83O14P. The molecule has 6 N–H and O–H groups in total. The number of epoxide rings is 1. The average molecular weight is 927 g/mol. The zero-order chi connectivity index (χ0) is 46.8. The van der Waals surface area contributed by atoms with Crippen LogP contribution in [-0.4, -0.2) is 111 Å². The third-order valence-corrected chi connectivity index (χ3v) is 12.2. The molecule has 1 aliphatic heterocycles. The summed E-state index contributed by atoms with van der Waals surface area (Å²) in [7, 11) is -5.15. The number of esters is 2. The Bertz CT molecular complexity index is 1420. The number of phosphoric acid groups is 1. The molecule has 14 nitrogen and oxygen atoms in total. The zero-order valence-corrected chi connectivity index (χ0v) is 39.6. The predicted octanol–water partition coefficient (Wildman–Crippen LogP) is 8.71. The molecule has 2 rings (SSSR count). The van der Waals surface area contributed by atoms with E-state index >= 15 is 0 Å². The Morgan fingerprint density at radius 3 is 1.59 bits per heavy atom. The summed E-state index contributed by atoms with van der Waals surface area (Å²) in [6, 6.07) is 0. The minimum atomic E-state index is -5.15. The van der Waals surface area contributed by atoms with E-state index in [-0.39, 0.29) is 25.0 Å². The fraction of sp³-hybridized carbons (Fsp3) is 0.755. The maximum Gasteiger partial charge on any atom is 0.472 e. The summed E-state index contributed by atoms with van der Waals surface area (Å²) >= 11 is 0. The Morgan fingerprint density at radius 2 is 1.03 bits per heavy atom. The molecule has 15 heteroatoms. The second-order valence-corrected chi connectivity index (χ2v) is 18.4. The van der Waals surface area contributed by atoms with Crippen molar-refractivity contribution in [3.8, 4) is 0 Å². The molecule has 2 aliphatic rings. The largest absolute Gasteiger partial charge is 0.472 e. The summed E-state index contributed by atoms with van der Waals surface area (Å²) in [5.41, 5.74) is 0. The molecule has 0 aromatic heterocycles. The van der Waals surface area contributed by atoms with Gasteiger partial charge in [0.25, 0.3) is 0 Å². The molecule has 0 aromatic carbocycles. The van der Waals surface area contributed by atoms with Crippen LogP contribution in [0.4, 0.5) is 0 Å². The molecular weight excluding hydrogens is 843 g/mol. The van der Waals surface area contributed by atoms with Crippen molar-refractivity contribution in [1.29, 1.82) is 0 Å². The molecule has 0 bridgehead atoms. The maximum atomic E-state index is 12.8. The highest BCUT2D eigenvalue weighted by molar-refractivity contribution is 7.47. The third-order valence-electron chi connectivity index (χ3n) is 11.3. The SMILES string of the molecule is CCCCC/C=C\C/C=C\C/C=C\CC1OC1CCCC(=O)OC[C@H](COP(=O)(O)OC1[C@H](O)[C@H](O)C(O)[C@H](O)[C@H]1O)OC(=O)CCCCCCCCC/C=C\C/C=C\CCCCC. The summed E-state index contributed by atoms with van der Waals surface area (Å²) in [5.74, 6) is -1.19. The monoisotopic (exact) mass is 927 g/mol. The number of rotatable bonds is 38. The van der Waals surface area contributed by atoms with Crippen molar-refractivity contribution in [2.45, 2.75) is 223 Å². The quantitative estimate of drug-likeness (QED) is 0.0112. The normalized spacial score (nSPS) is 25.2. The number of phosphoric ester groups is 1. The Hall–Kier alpha value is -2.49. The first kappa shape index (κ1) is 57.6. The van der Waals surface area contributed by atoms with Crippen molar-refractivity contribution in [3.05, 3.63) is 60.8 Å². The highest BCUT2D eigenvalue weighted by Crippen LogP contribution is 2.47. The number of aliphatic hydroxyl groups is 5. The lowest BCUT2D eigenvalue weighted by Crippen LogP contribution is -2.64. The number of carbonyl (C=O) groups excluding carboxylic acids is 2. The highest BCUT2D eigenvalue weighted by Gasteiger charge is 2.51. The number of unbranched alkanes of at least 4 members (excludes halogenated alkanes) is 13. The van der Waals surface area contributed by atoms with Crippen molar-refractivity contribution in [3.63, 3.8) is 0 Å². The van der Waals surface area contributed by atoms with E-state index in [1.807, 2.05) is 0 Å². The first-order valence-corrected chi connectivity index (χ1v) is 25.7. The zero-order valence-electron chi connectivity index (χ0n) is 38.8. The minimum absolute atomic E-state index is 0.0585. The van der Waals surface area contributed by atoms with Crippen LogP contribution in [-0.2, 0) is 37.4 Å². The second kappa shape index (κ2) is 35.7. The molecule has 64 heavy (non-hydrogen) atoms. The van der Waals surface area contributed by atoms with E-state index in [1.165, 1.54) is 38.5 Å². The molecule has 5 unspecified atom stereocenters. The number of hydrogen-bond donors (Lipinski definition) is 6. The first-order chi connectivity index (χ1) is 30.9. The summed E-state index contributed by atoms with van der Waals surface area (Å²) < 4.78 is 39.3. The first-order valence-electron chi connectivity index (χ1n) is 24.2. The van der Waals surface area contributed by atoms with Crippen molar-refractivity contribution in [1.82, 2.24) is 0 Å². The Labute approximate surface area is 383 Å². The van der Waals surface area contributed by atoms with Crippen LogP contribution < -0.4 is 0 Å². The molecule has 0 spiro atoms. The topological polar surface area (TPSA) is 222 Å². The van der Waals surface area contributed by atoms with E-state index in [1.54, 1.807) is 0 Å². The lowest BCUT2D eigenvalue weighted by atomic mass is 9.85. The van der Waals surface area contributed by atoms with E-state index in [0.717, 1.165) is 83.5 Å². The number of aliphatic hydroxyl groups excluding tert-OH is 5. The van der Waals surface area contributed by atoms with Gasteiger partial charge in [-0.05, 0) is 83.5 Å². The molecule has 10 atom stereocenters. The molecule has 0 radical (unpaired) electrons. The van der Waals surface area contributed by atoms with Gasteiger partial charge in [0.1, 0.15) is 43.2 Å². The van der Waals surface area contributed by atoms with E-state index in [0.29, 0.717) is 19.3 Å². The van der Waals surface area contributed by atoms with Crippen LogP contribution >= 0.6 is 7.82 Å². The molecule has 1 aliphatic carbocycles. The molecule has 0 aromatic rings. The van der Waals surface area contributed by atoms with Gasteiger partial charge in [-0.2, -0.15) is 0 Å². The average Bonchev–Trinajstić information content (AvgIpc) is 4.03. The summed E-state index contributed by atoms with van der Waals surface area (Å²) in [6.07, 6.45) is 31.4. The fourth-order valence-corrected chi connectivity index (χ4v) is 8.20. The van der Waals surface area contributed by atoms with Gasteiger partial charge in [0.15, 0.2) is 6.10 Å². The smallest absolute Gasteiger partial charge is 0.462 e. The number of carbonyl (C=O) groups is 2. The Kier molecular flexibility index (Phi) is 32.1. The van der Waals surface area contributed by atoms with E-state index in [2.05, 4.69) is 74.6 Å². The summed E-state index contributed by atoms with van der Waals surface area (Å²) in [5, 5.41) is 50.2. The number of hydrogen-bond acceptors (Lipinski definition) is 13. The van der Waals surface area contributed by atoms with Crippen LogP contribution in [0.5, 0.6) is 0 Å². The Balaban J connectivity index is 1.73.